The molecule has 1 aliphatic heterocycles. The van der Waals surface area contributed by atoms with Crippen molar-refractivity contribution < 1.29 is 30.3 Å². The first kappa shape index (κ1) is 19.9. The minimum absolute atomic E-state index is 0.104. The molecule has 3 heterocycles. The molecule has 3 rings (SSSR count). The van der Waals surface area contributed by atoms with Crippen molar-refractivity contribution in [2.24, 2.45) is 5.92 Å². The van der Waals surface area contributed by atoms with Gasteiger partial charge in [-0.25, -0.2) is 15.0 Å². The Morgan fingerprint density at radius 3 is 2.63 bits per heavy atom. The molecule has 2 aromatic heterocycles. The molecule has 0 aliphatic carbocycles. The Hall–Kier alpha value is -1.89. The number of nitrogens with one attached hydrogen (secondary N) is 1. The zero-order valence-electron chi connectivity index (χ0n) is 14.9. The molecule has 27 heavy (non-hydrogen) atoms. The molecule has 1 saturated heterocycles. The van der Waals surface area contributed by atoms with Gasteiger partial charge in [-0.05, 0) is 12.3 Å². The molecule has 0 radical (unpaired) electrons. The molecule has 1 fully saturated rings. The summed E-state index contributed by atoms with van der Waals surface area (Å²) in [7, 11) is 0. The van der Waals surface area contributed by atoms with E-state index in [9.17, 15) is 20.4 Å². The van der Waals surface area contributed by atoms with E-state index in [1.807, 2.05) is 6.92 Å². The lowest BCUT2D eigenvalue weighted by atomic mass is 9.98. The van der Waals surface area contributed by atoms with E-state index in [-0.39, 0.29) is 12.5 Å². The van der Waals surface area contributed by atoms with Crippen LogP contribution in [0.25, 0.3) is 11.2 Å². The van der Waals surface area contributed by atoms with Gasteiger partial charge in [0, 0.05) is 13.2 Å². The fraction of sp³-hybridized carbons (Fsp3) is 0.688. The van der Waals surface area contributed by atoms with Crippen molar-refractivity contribution in [2.45, 2.75) is 44.0 Å². The second-order valence-electron chi connectivity index (χ2n) is 6.77. The van der Waals surface area contributed by atoms with Crippen LogP contribution in [0.15, 0.2) is 12.7 Å². The van der Waals surface area contributed by atoms with E-state index in [4.69, 9.17) is 9.84 Å². The van der Waals surface area contributed by atoms with Crippen LogP contribution in [0.4, 0.5) is 5.82 Å². The lowest BCUT2D eigenvalue weighted by molar-refractivity contribution is -0.250. The highest BCUT2D eigenvalue weighted by molar-refractivity contribution is 5.82. The molecule has 0 saturated carbocycles. The minimum Gasteiger partial charge on any atom is -0.396 e. The van der Waals surface area contributed by atoms with Crippen LogP contribution in [0.1, 0.15) is 19.6 Å². The number of hydrogen-bond acceptors (Lipinski definition) is 10. The van der Waals surface area contributed by atoms with E-state index in [0.717, 1.165) is 6.42 Å². The predicted octanol–water partition coefficient (Wildman–Crippen LogP) is -1.77. The largest absolute Gasteiger partial charge is 0.396 e. The van der Waals surface area contributed by atoms with Crippen LogP contribution in [0.3, 0.4) is 0 Å². The summed E-state index contributed by atoms with van der Waals surface area (Å²) in [4.78, 5) is 12.6. The first-order chi connectivity index (χ1) is 13.0. The maximum atomic E-state index is 10.3. The zero-order chi connectivity index (χ0) is 19.6. The van der Waals surface area contributed by atoms with Crippen molar-refractivity contribution in [3.05, 3.63) is 12.7 Å². The van der Waals surface area contributed by atoms with Crippen molar-refractivity contribution in [1.29, 1.82) is 0 Å². The number of imidazole rings is 1. The van der Waals surface area contributed by atoms with Gasteiger partial charge in [-0.15, -0.1) is 0 Å². The first-order valence-electron chi connectivity index (χ1n) is 8.80. The number of fused-ring (bicyclic) bond motifs is 1. The molecule has 2 aromatic rings. The summed E-state index contributed by atoms with van der Waals surface area (Å²) in [6.07, 6.45) is -2.98. The van der Waals surface area contributed by atoms with Gasteiger partial charge in [0.05, 0.1) is 12.9 Å². The Morgan fingerprint density at radius 1 is 1.15 bits per heavy atom. The van der Waals surface area contributed by atoms with E-state index in [2.05, 4.69) is 20.3 Å². The zero-order valence-corrected chi connectivity index (χ0v) is 14.9. The third-order valence-electron chi connectivity index (χ3n) is 4.74. The Bertz CT molecular complexity index is 756. The Balaban J connectivity index is 1.85. The minimum atomic E-state index is -1.49. The van der Waals surface area contributed by atoms with Crippen molar-refractivity contribution in [2.75, 3.05) is 25.1 Å². The van der Waals surface area contributed by atoms with E-state index in [1.165, 1.54) is 17.2 Å². The van der Waals surface area contributed by atoms with Gasteiger partial charge in [0.2, 0.25) is 0 Å². The fourth-order valence-corrected chi connectivity index (χ4v) is 3.01. The quantitative estimate of drug-likeness (QED) is 0.322. The molecular formula is C16H25N5O6. The third-order valence-corrected chi connectivity index (χ3v) is 4.74. The molecule has 1 aliphatic rings. The molecular weight excluding hydrogens is 358 g/mol. The standard InChI is InChI=1S/C16H25N5O6/c1-8(4-22)2-3-17-14-10-15(19-6-18-14)21(7-20-10)16-13(26)12(25)11(24)9(5-23)27-16/h6-9,11-13,16,22-26H,2-5H2,1H3,(H,17,18,19)/t8?,9?,11-,12+,13?,16-/m1/s1. The highest BCUT2D eigenvalue weighted by Crippen LogP contribution is 2.31. The molecule has 0 amide bonds. The normalized spacial score (nSPS) is 29.8. The predicted molar refractivity (Wildman–Crippen MR) is 93.7 cm³/mol. The average molecular weight is 383 g/mol. The van der Waals surface area contributed by atoms with Crippen LogP contribution in [0, 0.1) is 5.92 Å². The summed E-state index contributed by atoms with van der Waals surface area (Å²) in [6.45, 7) is 2.11. The Kier molecular flexibility index (Phi) is 6.19. The van der Waals surface area contributed by atoms with Crippen LogP contribution in [0.5, 0.6) is 0 Å². The molecule has 0 bridgehead atoms. The van der Waals surface area contributed by atoms with E-state index < -0.39 is 37.3 Å². The monoisotopic (exact) mass is 383 g/mol. The molecule has 6 N–H and O–H groups in total. The maximum Gasteiger partial charge on any atom is 0.167 e. The second kappa shape index (κ2) is 8.42. The van der Waals surface area contributed by atoms with E-state index >= 15 is 0 Å². The summed E-state index contributed by atoms with van der Waals surface area (Å²) >= 11 is 0. The fourth-order valence-electron chi connectivity index (χ4n) is 3.01. The lowest BCUT2D eigenvalue weighted by Gasteiger charge is -2.40. The number of rotatable bonds is 7. The van der Waals surface area contributed by atoms with Gasteiger partial charge in [0.1, 0.15) is 30.7 Å². The summed E-state index contributed by atoms with van der Waals surface area (Å²) in [5.74, 6) is 0.648. The topological polar surface area (TPSA) is 166 Å². The van der Waals surface area contributed by atoms with Gasteiger partial charge in [0.25, 0.3) is 0 Å². The number of anilines is 1. The molecule has 11 heteroatoms. The van der Waals surface area contributed by atoms with Crippen molar-refractivity contribution in [3.63, 3.8) is 0 Å². The van der Waals surface area contributed by atoms with Crippen LogP contribution in [0.2, 0.25) is 0 Å². The Labute approximate surface area is 155 Å². The van der Waals surface area contributed by atoms with Gasteiger partial charge in [-0.1, -0.05) is 6.92 Å². The van der Waals surface area contributed by atoms with Crippen molar-refractivity contribution >= 4 is 17.0 Å². The number of ether oxygens (including phenoxy) is 1. The third kappa shape index (κ3) is 3.88. The van der Waals surface area contributed by atoms with Gasteiger partial charge in [-0.2, -0.15) is 0 Å². The van der Waals surface area contributed by atoms with E-state index in [1.54, 1.807) is 0 Å². The number of aromatic nitrogens is 4. The number of nitrogens with zero attached hydrogens (tertiary/aromatic N) is 4. The van der Waals surface area contributed by atoms with Crippen molar-refractivity contribution in [3.8, 4) is 0 Å². The van der Waals surface area contributed by atoms with Crippen LogP contribution < -0.4 is 5.32 Å². The maximum absolute atomic E-state index is 10.3. The summed E-state index contributed by atoms with van der Waals surface area (Å²) in [5, 5.41) is 51.8. The summed E-state index contributed by atoms with van der Waals surface area (Å²) < 4.78 is 6.99. The molecule has 0 spiro atoms. The van der Waals surface area contributed by atoms with Gasteiger partial charge < -0.3 is 35.6 Å². The average Bonchev–Trinajstić information content (AvgIpc) is 3.11. The summed E-state index contributed by atoms with van der Waals surface area (Å²) in [5.41, 5.74) is 0.818. The van der Waals surface area contributed by atoms with Crippen LogP contribution in [-0.2, 0) is 4.74 Å². The van der Waals surface area contributed by atoms with Gasteiger partial charge in [-0.3, -0.25) is 4.57 Å². The SMILES string of the molecule is CC(CO)CCNc1ncnc2c1ncn2[C@@H]1OC(CO)[C@@H](O)[C@H](O)C1O. The number of aliphatic hydroxyl groups excluding tert-OH is 5. The first-order valence-corrected chi connectivity index (χ1v) is 8.80. The Morgan fingerprint density at radius 2 is 1.93 bits per heavy atom. The summed E-state index contributed by atoms with van der Waals surface area (Å²) in [6, 6.07) is 0. The highest BCUT2D eigenvalue weighted by Gasteiger charge is 2.44. The van der Waals surface area contributed by atoms with Gasteiger partial charge >= 0.3 is 0 Å². The molecule has 3 unspecified atom stereocenters. The second-order valence-corrected chi connectivity index (χ2v) is 6.77. The molecule has 11 nitrogen and oxygen atoms in total. The van der Waals surface area contributed by atoms with E-state index in [0.29, 0.717) is 23.5 Å². The molecule has 6 atom stereocenters. The van der Waals surface area contributed by atoms with Crippen LogP contribution >= 0.6 is 0 Å². The number of hydrogen-bond donors (Lipinski definition) is 6. The molecule has 150 valence electrons. The van der Waals surface area contributed by atoms with Gasteiger partial charge in [0.15, 0.2) is 23.2 Å². The molecule has 0 aromatic carbocycles. The smallest absolute Gasteiger partial charge is 0.167 e. The number of aliphatic hydroxyl groups is 5. The highest BCUT2D eigenvalue weighted by atomic mass is 16.6. The lowest BCUT2D eigenvalue weighted by Crippen LogP contribution is -2.56. The van der Waals surface area contributed by atoms with Crippen molar-refractivity contribution in [1.82, 2.24) is 19.5 Å². The van der Waals surface area contributed by atoms with Crippen LogP contribution in [-0.4, -0.2) is 89.2 Å².